The fourth-order valence-electron chi connectivity index (χ4n) is 2.64. The molecule has 1 saturated carbocycles. The van der Waals surface area contributed by atoms with Crippen LogP contribution in [-0.2, 0) is 4.79 Å². The molecule has 1 aliphatic carbocycles. The number of carboxylic acids is 1. The number of urea groups is 1. The number of carbonyl (C=O) groups excluding carboxylic acids is 1. The summed E-state index contributed by atoms with van der Waals surface area (Å²) in [5.74, 6) is -0.928. The quantitative estimate of drug-likeness (QED) is 0.717. The number of carbonyl (C=O) groups is 2. The summed E-state index contributed by atoms with van der Waals surface area (Å²) in [6.07, 6.45) is 5.66. The Labute approximate surface area is 115 Å². The maximum Gasteiger partial charge on any atom is 0.315 e. The largest absolute Gasteiger partial charge is 0.481 e. The Hall–Kier alpha value is -1.26. The molecule has 0 spiro atoms. The molecule has 0 aromatic carbocycles. The second kappa shape index (κ2) is 7.36. The molecular weight excluding hydrogens is 244 g/mol. The lowest BCUT2D eigenvalue weighted by Crippen LogP contribution is -2.50. The topological polar surface area (TPSA) is 78.4 Å². The van der Waals surface area contributed by atoms with Gasteiger partial charge in [-0.2, -0.15) is 0 Å². The minimum atomic E-state index is -0.892. The third-order valence-electron chi connectivity index (χ3n) is 4.25. The molecule has 0 aliphatic heterocycles. The van der Waals surface area contributed by atoms with Gasteiger partial charge in [-0.25, -0.2) is 4.79 Å². The first-order valence-electron chi connectivity index (χ1n) is 7.25. The average Bonchev–Trinajstić information content (AvgIpc) is 2.38. The van der Waals surface area contributed by atoms with Crippen LogP contribution in [0.5, 0.6) is 0 Å². The summed E-state index contributed by atoms with van der Waals surface area (Å²) >= 11 is 0. The molecule has 0 bridgehead atoms. The van der Waals surface area contributed by atoms with Gasteiger partial charge in [0.05, 0.1) is 5.92 Å². The number of hydrogen-bond acceptors (Lipinski definition) is 2. The highest BCUT2D eigenvalue weighted by Crippen LogP contribution is 2.26. The fraction of sp³-hybridized carbons (Fsp3) is 0.857. The van der Waals surface area contributed by atoms with Gasteiger partial charge in [-0.1, -0.05) is 26.2 Å². The molecule has 5 nitrogen and oxygen atoms in total. The first-order valence-corrected chi connectivity index (χ1v) is 7.25. The van der Waals surface area contributed by atoms with Crippen LogP contribution in [-0.4, -0.2) is 29.2 Å². The van der Waals surface area contributed by atoms with Crippen LogP contribution in [0.3, 0.4) is 0 Å². The molecular formula is C14H26N2O3. The Morgan fingerprint density at radius 3 is 2.47 bits per heavy atom. The van der Waals surface area contributed by atoms with Crippen molar-refractivity contribution in [2.24, 2.45) is 11.8 Å². The lowest BCUT2D eigenvalue weighted by Gasteiger charge is -2.32. The second-order valence-corrected chi connectivity index (χ2v) is 5.59. The molecule has 0 aromatic heterocycles. The van der Waals surface area contributed by atoms with Gasteiger partial charge in [-0.05, 0) is 32.6 Å². The predicted octanol–water partition coefficient (Wildman–Crippen LogP) is 2.36. The van der Waals surface area contributed by atoms with Gasteiger partial charge in [0.2, 0.25) is 0 Å². The van der Waals surface area contributed by atoms with Crippen molar-refractivity contribution in [1.82, 2.24) is 10.6 Å². The predicted molar refractivity (Wildman–Crippen MR) is 74.0 cm³/mol. The summed E-state index contributed by atoms with van der Waals surface area (Å²) in [5, 5.41) is 14.6. The maximum atomic E-state index is 11.9. The molecule has 0 heterocycles. The van der Waals surface area contributed by atoms with Crippen LogP contribution in [0.2, 0.25) is 0 Å². The summed E-state index contributed by atoms with van der Waals surface area (Å²) in [5.41, 5.74) is 0. The highest BCUT2D eigenvalue weighted by Gasteiger charge is 2.26. The van der Waals surface area contributed by atoms with Crippen molar-refractivity contribution in [3.8, 4) is 0 Å². The molecule has 1 rings (SSSR count). The summed E-state index contributed by atoms with van der Waals surface area (Å²) in [7, 11) is 0. The Balaban J connectivity index is 2.43. The standard InChI is InChI=1S/C14H26N2O3/c1-4-11-7-5-6-8-12(11)16-14(19)15-10(3)9(2)13(17)18/h9-12H,4-8H2,1-3H3,(H,17,18)(H2,15,16,19). The summed E-state index contributed by atoms with van der Waals surface area (Å²) in [4.78, 5) is 22.7. The molecule has 2 amide bonds. The van der Waals surface area contributed by atoms with E-state index >= 15 is 0 Å². The van der Waals surface area contributed by atoms with E-state index < -0.39 is 11.9 Å². The zero-order valence-electron chi connectivity index (χ0n) is 12.1. The van der Waals surface area contributed by atoms with E-state index in [0.717, 1.165) is 19.3 Å². The van der Waals surface area contributed by atoms with Crippen molar-refractivity contribution < 1.29 is 14.7 Å². The monoisotopic (exact) mass is 270 g/mol. The second-order valence-electron chi connectivity index (χ2n) is 5.59. The summed E-state index contributed by atoms with van der Waals surface area (Å²) < 4.78 is 0. The molecule has 19 heavy (non-hydrogen) atoms. The lowest BCUT2D eigenvalue weighted by atomic mass is 9.83. The summed E-state index contributed by atoms with van der Waals surface area (Å²) in [6.45, 7) is 5.47. The van der Waals surface area contributed by atoms with E-state index in [4.69, 9.17) is 5.11 Å². The van der Waals surface area contributed by atoms with Gasteiger partial charge in [0.25, 0.3) is 0 Å². The number of hydrogen-bond donors (Lipinski definition) is 3. The van der Waals surface area contributed by atoms with E-state index in [2.05, 4.69) is 17.6 Å². The average molecular weight is 270 g/mol. The third-order valence-corrected chi connectivity index (χ3v) is 4.25. The van der Waals surface area contributed by atoms with E-state index in [1.807, 2.05) is 0 Å². The zero-order valence-corrected chi connectivity index (χ0v) is 12.1. The molecule has 0 saturated heterocycles. The van der Waals surface area contributed by atoms with E-state index in [9.17, 15) is 9.59 Å². The van der Waals surface area contributed by atoms with Gasteiger partial charge in [0.15, 0.2) is 0 Å². The van der Waals surface area contributed by atoms with Crippen molar-refractivity contribution in [3.05, 3.63) is 0 Å². The highest BCUT2D eigenvalue weighted by atomic mass is 16.4. The zero-order chi connectivity index (χ0) is 14.4. The molecule has 0 aromatic rings. The lowest BCUT2D eigenvalue weighted by molar-refractivity contribution is -0.141. The third kappa shape index (κ3) is 4.73. The van der Waals surface area contributed by atoms with Crippen LogP contribution in [0.15, 0.2) is 0 Å². The van der Waals surface area contributed by atoms with Gasteiger partial charge in [-0.3, -0.25) is 4.79 Å². The van der Waals surface area contributed by atoms with Crippen LogP contribution in [0.4, 0.5) is 4.79 Å². The maximum absolute atomic E-state index is 11.9. The minimum Gasteiger partial charge on any atom is -0.481 e. The molecule has 4 unspecified atom stereocenters. The number of amides is 2. The Morgan fingerprint density at radius 1 is 1.26 bits per heavy atom. The van der Waals surface area contributed by atoms with Gasteiger partial charge in [0, 0.05) is 12.1 Å². The number of rotatable bonds is 5. The van der Waals surface area contributed by atoms with Crippen molar-refractivity contribution in [2.45, 2.75) is 65.0 Å². The van der Waals surface area contributed by atoms with Crippen molar-refractivity contribution in [3.63, 3.8) is 0 Å². The molecule has 1 fully saturated rings. The van der Waals surface area contributed by atoms with Crippen LogP contribution < -0.4 is 10.6 Å². The molecule has 0 radical (unpaired) electrons. The van der Waals surface area contributed by atoms with Crippen LogP contribution in [0, 0.1) is 11.8 Å². The van der Waals surface area contributed by atoms with E-state index in [0.29, 0.717) is 5.92 Å². The van der Waals surface area contributed by atoms with Gasteiger partial charge in [0.1, 0.15) is 0 Å². The fourth-order valence-corrected chi connectivity index (χ4v) is 2.64. The number of aliphatic carboxylic acids is 1. The van der Waals surface area contributed by atoms with Crippen molar-refractivity contribution in [2.75, 3.05) is 0 Å². The van der Waals surface area contributed by atoms with Gasteiger partial charge < -0.3 is 15.7 Å². The molecule has 4 atom stereocenters. The van der Waals surface area contributed by atoms with Gasteiger partial charge in [-0.15, -0.1) is 0 Å². The number of nitrogens with one attached hydrogen (secondary N) is 2. The highest BCUT2D eigenvalue weighted by molar-refractivity contribution is 5.76. The Bertz CT molecular complexity index is 320. The van der Waals surface area contributed by atoms with Crippen LogP contribution >= 0.6 is 0 Å². The van der Waals surface area contributed by atoms with Crippen molar-refractivity contribution >= 4 is 12.0 Å². The van der Waals surface area contributed by atoms with Crippen LogP contribution in [0.1, 0.15) is 52.9 Å². The normalized spacial score (nSPS) is 26.3. The van der Waals surface area contributed by atoms with E-state index in [1.165, 1.54) is 12.8 Å². The summed E-state index contributed by atoms with van der Waals surface area (Å²) in [6, 6.07) is -0.391. The molecule has 110 valence electrons. The first kappa shape index (κ1) is 15.8. The number of carboxylic acid groups (broad SMARTS) is 1. The SMILES string of the molecule is CCC1CCCCC1NC(=O)NC(C)C(C)C(=O)O. The van der Waals surface area contributed by atoms with Crippen molar-refractivity contribution in [1.29, 1.82) is 0 Å². The molecule has 1 aliphatic rings. The smallest absolute Gasteiger partial charge is 0.315 e. The first-order chi connectivity index (χ1) is 8.95. The molecule has 5 heteroatoms. The minimum absolute atomic E-state index is 0.228. The Kier molecular flexibility index (Phi) is 6.12. The van der Waals surface area contributed by atoms with E-state index in [-0.39, 0.29) is 18.1 Å². The van der Waals surface area contributed by atoms with Crippen LogP contribution in [0.25, 0.3) is 0 Å². The Morgan fingerprint density at radius 2 is 1.89 bits per heavy atom. The molecule has 3 N–H and O–H groups in total. The van der Waals surface area contributed by atoms with Gasteiger partial charge >= 0.3 is 12.0 Å². The van der Waals surface area contributed by atoms with E-state index in [1.54, 1.807) is 13.8 Å².